The van der Waals surface area contributed by atoms with E-state index in [-0.39, 0.29) is 29.6 Å². The molecule has 0 radical (unpaired) electrons. The van der Waals surface area contributed by atoms with Crippen LogP contribution in [0.15, 0.2) is 24.3 Å². The third kappa shape index (κ3) is 3.69. The number of hydrogen-bond acceptors (Lipinski definition) is 5. The van der Waals surface area contributed by atoms with Gasteiger partial charge in [0.2, 0.25) is 5.91 Å². The highest BCUT2D eigenvalue weighted by Gasteiger charge is 2.57. The Morgan fingerprint density at radius 1 is 1.23 bits per heavy atom. The van der Waals surface area contributed by atoms with Crippen molar-refractivity contribution < 1.29 is 19.1 Å². The highest BCUT2D eigenvalue weighted by Crippen LogP contribution is 2.52. The molecule has 2 N–H and O–H groups in total. The smallest absolute Gasteiger partial charge is 0.258 e. The Hall–Kier alpha value is -2.12. The number of carbonyl (C=O) groups is 2. The van der Waals surface area contributed by atoms with Crippen molar-refractivity contribution >= 4 is 11.8 Å². The second kappa shape index (κ2) is 8.19. The number of morpholine rings is 1. The van der Waals surface area contributed by atoms with Gasteiger partial charge in [0, 0.05) is 37.9 Å². The normalized spacial score (nSPS) is 32.9. The standard InChI is InChI=1S/C23H31N3O4/c27-21(24-8-3-9-26-10-12-29-13-11-26)19-14-17-7-6-16(19)15-23(17)25-22(28)18-4-1-2-5-20(18)30-23/h1-2,4-5,16-17,19H,3,6-15H2,(H,24,27)(H,25,28). The second-order valence-corrected chi connectivity index (χ2v) is 9.12. The maximum absolute atomic E-state index is 12.9. The van der Waals surface area contributed by atoms with E-state index in [1.165, 1.54) is 0 Å². The zero-order valence-corrected chi connectivity index (χ0v) is 17.4. The molecule has 4 unspecified atom stereocenters. The summed E-state index contributed by atoms with van der Waals surface area (Å²) in [5.41, 5.74) is -0.0549. The molecular formula is C23H31N3O4. The van der Waals surface area contributed by atoms with Crippen LogP contribution in [0.4, 0.5) is 0 Å². The molecule has 2 aliphatic heterocycles. The Kier molecular flexibility index (Phi) is 5.41. The van der Waals surface area contributed by atoms with E-state index in [0.717, 1.165) is 65.1 Å². The van der Waals surface area contributed by atoms with Gasteiger partial charge in [-0.05, 0) is 50.3 Å². The van der Waals surface area contributed by atoms with Gasteiger partial charge in [-0.3, -0.25) is 14.5 Å². The van der Waals surface area contributed by atoms with Gasteiger partial charge in [-0.15, -0.1) is 0 Å². The highest BCUT2D eigenvalue weighted by atomic mass is 16.5. The van der Waals surface area contributed by atoms with Crippen LogP contribution < -0.4 is 15.4 Å². The first-order chi connectivity index (χ1) is 14.6. The zero-order chi connectivity index (χ0) is 20.6. The Bertz CT molecular complexity index is 809. The molecule has 2 amide bonds. The molecule has 30 heavy (non-hydrogen) atoms. The van der Waals surface area contributed by atoms with Crippen LogP contribution in [0.2, 0.25) is 0 Å². The fourth-order valence-corrected chi connectivity index (χ4v) is 5.75. The predicted octanol–water partition coefficient (Wildman–Crippen LogP) is 1.78. The summed E-state index contributed by atoms with van der Waals surface area (Å²) in [4.78, 5) is 28.0. The quantitative estimate of drug-likeness (QED) is 0.720. The van der Waals surface area contributed by atoms with E-state index < -0.39 is 5.72 Å². The number of hydrogen-bond donors (Lipinski definition) is 2. The molecule has 162 valence electrons. The van der Waals surface area contributed by atoms with Crippen LogP contribution in [0.25, 0.3) is 0 Å². The fraction of sp³-hybridized carbons (Fsp3) is 0.652. The molecule has 7 nitrogen and oxygen atoms in total. The summed E-state index contributed by atoms with van der Waals surface area (Å²) in [5, 5.41) is 6.33. The van der Waals surface area contributed by atoms with E-state index in [1.807, 2.05) is 18.2 Å². The molecule has 1 saturated heterocycles. The summed E-state index contributed by atoms with van der Waals surface area (Å²) in [6.07, 6.45) is 4.48. The highest BCUT2D eigenvalue weighted by molar-refractivity contribution is 5.98. The van der Waals surface area contributed by atoms with Gasteiger partial charge in [-0.1, -0.05) is 12.1 Å². The van der Waals surface area contributed by atoms with Gasteiger partial charge < -0.3 is 20.1 Å². The van der Waals surface area contributed by atoms with Crippen LogP contribution in [0.1, 0.15) is 42.5 Å². The van der Waals surface area contributed by atoms with Gasteiger partial charge in [0.15, 0.2) is 5.72 Å². The van der Waals surface area contributed by atoms with Crippen molar-refractivity contribution in [2.75, 3.05) is 39.4 Å². The average molecular weight is 414 g/mol. The van der Waals surface area contributed by atoms with Crippen molar-refractivity contribution in [3.05, 3.63) is 29.8 Å². The summed E-state index contributed by atoms with van der Waals surface area (Å²) >= 11 is 0. The van der Waals surface area contributed by atoms with Crippen LogP contribution in [0.5, 0.6) is 5.75 Å². The van der Waals surface area contributed by atoms with Crippen LogP contribution in [-0.2, 0) is 9.53 Å². The number of ether oxygens (including phenoxy) is 2. The minimum Gasteiger partial charge on any atom is -0.467 e. The fourth-order valence-electron chi connectivity index (χ4n) is 5.75. The molecule has 5 aliphatic rings. The molecule has 4 atom stereocenters. The number of para-hydroxylation sites is 1. The van der Waals surface area contributed by atoms with Gasteiger partial charge in [-0.2, -0.15) is 0 Å². The van der Waals surface area contributed by atoms with Crippen molar-refractivity contribution in [1.82, 2.24) is 15.5 Å². The Labute approximate surface area is 177 Å². The summed E-state index contributed by atoms with van der Waals surface area (Å²) in [7, 11) is 0. The molecule has 1 spiro atoms. The van der Waals surface area contributed by atoms with Gasteiger partial charge >= 0.3 is 0 Å². The Morgan fingerprint density at radius 2 is 2.07 bits per heavy atom. The molecule has 3 saturated carbocycles. The SMILES string of the molecule is O=C1NC2(CC3CCC2CC3C(=O)NCCCN2CCOCC2)Oc2ccccc21. The minimum atomic E-state index is -0.651. The van der Waals surface area contributed by atoms with E-state index in [9.17, 15) is 9.59 Å². The molecule has 2 bridgehead atoms. The van der Waals surface area contributed by atoms with Crippen LogP contribution in [-0.4, -0.2) is 61.8 Å². The van der Waals surface area contributed by atoms with Crippen LogP contribution in [0, 0.1) is 17.8 Å². The maximum Gasteiger partial charge on any atom is 0.258 e. The molecule has 6 rings (SSSR count). The number of carbonyl (C=O) groups excluding carboxylic acids is 2. The molecule has 4 fully saturated rings. The number of benzene rings is 1. The second-order valence-electron chi connectivity index (χ2n) is 9.12. The van der Waals surface area contributed by atoms with Crippen molar-refractivity contribution in [2.45, 2.75) is 37.8 Å². The summed E-state index contributed by atoms with van der Waals surface area (Å²) in [5.74, 6) is 1.22. The maximum atomic E-state index is 12.9. The number of fused-ring (bicyclic) bond motifs is 3. The topological polar surface area (TPSA) is 79.9 Å². The molecule has 1 aromatic carbocycles. The van der Waals surface area contributed by atoms with E-state index in [1.54, 1.807) is 6.07 Å². The van der Waals surface area contributed by atoms with Gasteiger partial charge in [-0.25, -0.2) is 0 Å². The number of amides is 2. The molecular weight excluding hydrogens is 382 g/mol. The monoisotopic (exact) mass is 413 g/mol. The average Bonchev–Trinajstić information content (AvgIpc) is 2.77. The lowest BCUT2D eigenvalue weighted by molar-refractivity contribution is -0.146. The molecule has 3 aliphatic carbocycles. The minimum absolute atomic E-state index is 0.0236. The number of nitrogens with zero attached hydrogens (tertiary/aromatic N) is 1. The molecule has 0 aromatic heterocycles. The Balaban J connectivity index is 1.17. The lowest BCUT2D eigenvalue weighted by Crippen LogP contribution is -2.66. The molecule has 2 heterocycles. The van der Waals surface area contributed by atoms with Crippen molar-refractivity contribution in [1.29, 1.82) is 0 Å². The largest absolute Gasteiger partial charge is 0.467 e. The predicted molar refractivity (Wildman–Crippen MR) is 111 cm³/mol. The van der Waals surface area contributed by atoms with Gasteiger partial charge in [0.25, 0.3) is 5.91 Å². The molecule has 7 heteroatoms. The lowest BCUT2D eigenvalue weighted by atomic mass is 9.60. The summed E-state index contributed by atoms with van der Waals surface area (Å²) < 4.78 is 11.8. The van der Waals surface area contributed by atoms with E-state index in [0.29, 0.717) is 17.7 Å². The Morgan fingerprint density at radius 3 is 2.87 bits per heavy atom. The van der Waals surface area contributed by atoms with Crippen molar-refractivity contribution in [3.8, 4) is 5.75 Å². The van der Waals surface area contributed by atoms with Gasteiger partial charge in [0.05, 0.1) is 18.8 Å². The lowest BCUT2D eigenvalue weighted by Gasteiger charge is -2.55. The van der Waals surface area contributed by atoms with Crippen LogP contribution in [0.3, 0.4) is 0 Å². The summed E-state index contributed by atoms with van der Waals surface area (Å²) in [6, 6.07) is 7.42. The van der Waals surface area contributed by atoms with E-state index in [4.69, 9.17) is 9.47 Å². The molecule has 1 aromatic rings. The first-order valence-corrected chi connectivity index (χ1v) is 11.3. The third-order valence-corrected chi connectivity index (χ3v) is 7.36. The van der Waals surface area contributed by atoms with Gasteiger partial charge in [0.1, 0.15) is 5.75 Å². The van der Waals surface area contributed by atoms with Crippen LogP contribution >= 0.6 is 0 Å². The van der Waals surface area contributed by atoms with E-state index >= 15 is 0 Å². The first kappa shape index (κ1) is 19.8. The van der Waals surface area contributed by atoms with Crippen molar-refractivity contribution in [2.24, 2.45) is 17.8 Å². The first-order valence-electron chi connectivity index (χ1n) is 11.3. The van der Waals surface area contributed by atoms with Crippen molar-refractivity contribution in [3.63, 3.8) is 0 Å². The number of rotatable bonds is 5. The number of nitrogens with one attached hydrogen (secondary N) is 2. The summed E-state index contributed by atoms with van der Waals surface area (Å²) in [6.45, 7) is 5.30. The third-order valence-electron chi connectivity index (χ3n) is 7.36. The zero-order valence-electron chi connectivity index (χ0n) is 17.4. The van der Waals surface area contributed by atoms with E-state index in [2.05, 4.69) is 15.5 Å².